The Balaban J connectivity index is 0.00000272. The van der Waals surface area contributed by atoms with E-state index in [1.54, 1.807) is 0 Å². The molecular weight excluding hydrogens is 452 g/mol. The Kier molecular flexibility index (Phi) is 7.46. The monoisotopic (exact) mass is 480 g/mol. The third-order valence-electron chi connectivity index (χ3n) is 5.88. The minimum absolute atomic E-state index is 0. The molecule has 0 saturated heterocycles. The van der Waals surface area contributed by atoms with Gasteiger partial charge in [-0.25, -0.2) is 0 Å². The molecule has 1 heterocycles. The van der Waals surface area contributed by atoms with Crippen molar-refractivity contribution in [2.75, 3.05) is 19.6 Å². The first-order valence-corrected chi connectivity index (χ1v) is 10.6. The maximum atomic E-state index is 13.1. The van der Waals surface area contributed by atoms with Gasteiger partial charge in [-0.1, -0.05) is 62.4 Å². The summed E-state index contributed by atoms with van der Waals surface area (Å²) in [4.78, 5) is 15.4. The van der Waals surface area contributed by atoms with Crippen molar-refractivity contribution < 1.29 is 4.79 Å². The Morgan fingerprint density at radius 1 is 0.871 bits per heavy atom. The summed E-state index contributed by atoms with van der Waals surface area (Å²) in [5.41, 5.74) is 2.98. The summed E-state index contributed by atoms with van der Waals surface area (Å²) < 4.78 is 3.84. The number of carbonyl (C=O) groups excluding carboxylic acids is 1. The molecular formula is C25H29BrN4O. The Morgan fingerprint density at radius 2 is 1.48 bits per heavy atom. The Labute approximate surface area is 193 Å². The SMILES string of the molecule is Br.CCN(CC)CCn1c(=N)n(CC(=O)c2ccc3ccccc3c2)c2ccccc21. The molecule has 0 amide bonds. The van der Waals surface area contributed by atoms with Crippen molar-refractivity contribution in [3.8, 4) is 0 Å². The number of ketones is 1. The van der Waals surface area contributed by atoms with Crippen LogP contribution in [0.2, 0.25) is 0 Å². The van der Waals surface area contributed by atoms with Crippen LogP contribution in [0.15, 0.2) is 66.7 Å². The van der Waals surface area contributed by atoms with Gasteiger partial charge in [0.05, 0.1) is 17.6 Å². The lowest BCUT2D eigenvalue weighted by atomic mass is 10.0. The Morgan fingerprint density at radius 3 is 2.16 bits per heavy atom. The molecule has 0 radical (unpaired) electrons. The van der Waals surface area contributed by atoms with Crippen LogP contribution in [0, 0.1) is 5.41 Å². The molecule has 0 bridgehead atoms. The van der Waals surface area contributed by atoms with Crippen LogP contribution < -0.4 is 5.62 Å². The van der Waals surface area contributed by atoms with Gasteiger partial charge < -0.3 is 14.0 Å². The van der Waals surface area contributed by atoms with Gasteiger partial charge >= 0.3 is 0 Å². The highest BCUT2D eigenvalue weighted by molar-refractivity contribution is 8.93. The summed E-state index contributed by atoms with van der Waals surface area (Å²) in [6.45, 7) is 8.07. The van der Waals surface area contributed by atoms with Gasteiger partial charge in [-0.05, 0) is 42.1 Å². The first kappa shape index (κ1) is 23.0. The van der Waals surface area contributed by atoms with Gasteiger partial charge in [0.25, 0.3) is 0 Å². The number of fused-ring (bicyclic) bond motifs is 2. The van der Waals surface area contributed by atoms with E-state index in [0.717, 1.165) is 48.0 Å². The van der Waals surface area contributed by atoms with Crippen molar-refractivity contribution >= 4 is 44.6 Å². The normalized spacial score (nSPS) is 11.2. The second kappa shape index (κ2) is 10.1. The maximum absolute atomic E-state index is 13.1. The van der Waals surface area contributed by atoms with E-state index >= 15 is 0 Å². The predicted molar refractivity (Wildman–Crippen MR) is 132 cm³/mol. The third-order valence-corrected chi connectivity index (χ3v) is 5.88. The number of hydrogen-bond acceptors (Lipinski definition) is 3. The highest BCUT2D eigenvalue weighted by Gasteiger charge is 2.15. The molecule has 1 N–H and O–H groups in total. The van der Waals surface area contributed by atoms with Gasteiger partial charge in [0.1, 0.15) is 0 Å². The molecule has 4 rings (SSSR count). The number of likely N-dealkylation sites (N-methyl/N-ethyl adjacent to an activating group) is 1. The lowest BCUT2D eigenvalue weighted by Gasteiger charge is -2.18. The van der Waals surface area contributed by atoms with Crippen molar-refractivity contribution in [2.45, 2.75) is 26.9 Å². The summed E-state index contributed by atoms with van der Waals surface area (Å²) in [6.07, 6.45) is 0. The average Bonchev–Trinajstić information content (AvgIpc) is 3.05. The molecule has 0 aliphatic rings. The van der Waals surface area contributed by atoms with Gasteiger partial charge in [-0.15, -0.1) is 17.0 Å². The van der Waals surface area contributed by atoms with E-state index in [-0.39, 0.29) is 29.3 Å². The minimum Gasteiger partial charge on any atom is -0.309 e. The van der Waals surface area contributed by atoms with Crippen molar-refractivity contribution in [3.05, 3.63) is 77.9 Å². The molecule has 1 aromatic heterocycles. The van der Waals surface area contributed by atoms with E-state index in [4.69, 9.17) is 5.41 Å². The summed E-state index contributed by atoms with van der Waals surface area (Å²) in [6, 6.07) is 21.9. The van der Waals surface area contributed by atoms with Crippen LogP contribution in [0.3, 0.4) is 0 Å². The molecule has 31 heavy (non-hydrogen) atoms. The van der Waals surface area contributed by atoms with E-state index < -0.39 is 0 Å². The zero-order chi connectivity index (χ0) is 21.1. The van der Waals surface area contributed by atoms with Gasteiger partial charge in [-0.2, -0.15) is 0 Å². The van der Waals surface area contributed by atoms with Gasteiger partial charge in [0, 0.05) is 18.7 Å². The van der Waals surface area contributed by atoms with Gasteiger partial charge in [-0.3, -0.25) is 10.2 Å². The molecule has 0 fully saturated rings. The molecule has 0 atom stereocenters. The van der Waals surface area contributed by atoms with Gasteiger partial charge in [0.15, 0.2) is 5.78 Å². The number of nitrogens with zero attached hydrogens (tertiary/aromatic N) is 3. The van der Waals surface area contributed by atoms with Crippen molar-refractivity contribution in [3.63, 3.8) is 0 Å². The van der Waals surface area contributed by atoms with Crippen LogP contribution in [0.5, 0.6) is 0 Å². The maximum Gasteiger partial charge on any atom is 0.203 e. The van der Waals surface area contributed by atoms with E-state index in [2.05, 4.69) is 18.7 Å². The van der Waals surface area contributed by atoms with Crippen LogP contribution in [-0.2, 0) is 13.1 Å². The summed E-state index contributed by atoms with van der Waals surface area (Å²) >= 11 is 0. The number of rotatable bonds is 8. The highest BCUT2D eigenvalue weighted by Crippen LogP contribution is 2.18. The molecule has 5 nitrogen and oxygen atoms in total. The van der Waals surface area contributed by atoms with E-state index in [1.807, 2.05) is 75.9 Å². The topological polar surface area (TPSA) is 54.0 Å². The Hall–Kier alpha value is -2.70. The van der Waals surface area contributed by atoms with Crippen LogP contribution in [0.25, 0.3) is 21.8 Å². The van der Waals surface area contributed by atoms with Crippen molar-refractivity contribution in [1.29, 1.82) is 5.41 Å². The predicted octanol–water partition coefficient (Wildman–Crippen LogP) is 4.88. The summed E-state index contributed by atoms with van der Waals surface area (Å²) in [7, 11) is 0. The molecule has 4 aromatic rings. The zero-order valence-electron chi connectivity index (χ0n) is 18.0. The van der Waals surface area contributed by atoms with E-state index in [1.165, 1.54) is 0 Å². The summed E-state index contributed by atoms with van der Waals surface area (Å²) in [5.74, 6) is 0.0194. The second-order valence-electron chi connectivity index (χ2n) is 7.56. The van der Waals surface area contributed by atoms with Gasteiger partial charge in [0.2, 0.25) is 5.62 Å². The quantitative estimate of drug-likeness (QED) is 0.365. The number of halogens is 1. The number of imidazole rings is 1. The first-order chi connectivity index (χ1) is 14.6. The molecule has 0 spiro atoms. The Bertz CT molecular complexity index is 1250. The van der Waals surface area contributed by atoms with Crippen LogP contribution in [0.4, 0.5) is 0 Å². The number of aromatic nitrogens is 2. The lowest BCUT2D eigenvalue weighted by Crippen LogP contribution is -2.32. The molecule has 0 unspecified atom stereocenters. The fraction of sp³-hybridized carbons (Fsp3) is 0.280. The fourth-order valence-corrected chi connectivity index (χ4v) is 4.06. The third kappa shape index (κ3) is 4.65. The minimum atomic E-state index is 0. The number of hydrogen-bond donors (Lipinski definition) is 1. The number of para-hydroxylation sites is 2. The molecule has 3 aromatic carbocycles. The second-order valence-corrected chi connectivity index (χ2v) is 7.56. The molecule has 0 aliphatic heterocycles. The van der Waals surface area contributed by atoms with Crippen molar-refractivity contribution in [2.24, 2.45) is 0 Å². The number of Topliss-reactive ketones (excluding diaryl/α,β-unsaturated/α-hetero) is 1. The average molecular weight is 481 g/mol. The van der Waals surface area contributed by atoms with Crippen molar-refractivity contribution in [1.82, 2.24) is 14.0 Å². The largest absolute Gasteiger partial charge is 0.309 e. The number of nitrogens with one attached hydrogen (secondary N) is 1. The summed E-state index contributed by atoms with van der Waals surface area (Å²) in [5, 5.41) is 11.0. The lowest BCUT2D eigenvalue weighted by molar-refractivity contribution is 0.0971. The fourth-order valence-electron chi connectivity index (χ4n) is 4.06. The molecule has 0 saturated carbocycles. The zero-order valence-corrected chi connectivity index (χ0v) is 19.8. The molecule has 162 valence electrons. The number of benzene rings is 3. The first-order valence-electron chi connectivity index (χ1n) is 10.6. The van der Waals surface area contributed by atoms with Crippen LogP contribution in [-0.4, -0.2) is 39.5 Å². The molecule has 6 heteroatoms. The van der Waals surface area contributed by atoms with Crippen LogP contribution in [0.1, 0.15) is 24.2 Å². The standard InChI is InChI=1S/C25H28N4O.BrH/c1-3-27(4-2)15-16-28-22-11-7-8-12-23(22)29(25(28)26)18-24(30)21-14-13-19-9-5-6-10-20(19)17-21;/h5-14,17,26H,3-4,15-16,18H2,1-2H3;1H. The smallest absolute Gasteiger partial charge is 0.203 e. The highest BCUT2D eigenvalue weighted by atomic mass is 79.9. The van der Waals surface area contributed by atoms with Crippen LogP contribution >= 0.6 is 17.0 Å². The van der Waals surface area contributed by atoms with E-state index in [9.17, 15) is 4.79 Å². The van der Waals surface area contributed by atoms with E-state index in [0.29, 0.717) is 11.2 Å². The number of carbonyl (C=O) groups is 1. The molecule has 0 aliphatic carbocycles.